The molecule has 0 aliphatic carbocycles. The Morgan fingerprint density at radius 3 is 2.71 bits per heavy atom. The Kier molecular flexibility index (Phi) is 7.21. The molecule has 0 unspecified atom stereocenters. The Morgan fingerprint density at radius 1 is 1.29 bits per heavy atom. The topological polar surface area (TPSA) is 75.6 Å². The van der Waals surface area contributed by atoms with E-state index in [9.17, 15) is 14.0 Å². The van der Waals surface area contributed by atoms with Gasteiger partial charge in [-0.3, -0.25) is 9.59 Å². The van der Waals surface area contributed by atoms with Crippen LogP contribution in [0.1, 0.15) is 31.2 Å². The highest BCUT2D eigenvalue weighted by Crippen LogP contribution is 2.19. The quantitative estimate of drug-likeness (QED) is 0.685. The average Bonchev–Trinajstić information content (AvgIpc) is 2.42. The van der Waals surface area contributed by atoms with Gasteiger partial charge in [-0.2, -0.15) is 0 Å². The fourth-order valence-corrected chi connectivity index (χ4v) is 1.93. The van der Waals surface area contributed by atoms with Crippen molar-refractivity contribution in [2.24, 2.45) is 0 Å². The van der Waals surface area contributed by atoms with E-state index in [4.69, 9.17) is 9.84 Å². The van der Waals surface area contributed by atoms with Gasteiger partial charge in [-0.1, -0.05) is 6.42 Å². The lowest BCUT2D eigenvalue weighted by Gasteiger charge is -2.09. The van der Waals surface area contributed by atoms with E-state index < -0.39 is 11.8 Å². The van der Waals surface area contributed by atoms with Gasteiger partial charge in [0.15, 0.2) is 0 Å². The predicted molar refractivity (Wildman–Crippen MR) is 75.8 cm³/mol. The van der Waals surface area contributed by atoms with Gasteiger partial charge in [0.1, 0.15) is 11.6 Å². The number of amides is 1. The fraction of sp³-hybridized carbons (Fsp3) is 0.467. The Morgan fingerprint density at radius 2 is 2.05 bits per heavy atom. The number of methoxy groups -OCH3 is 1. The lowest BCUT2D eigenvalue weighted by Crippen LogP contribution is -2.26. The summed E-state index contributed by atoms with van der Waals surface area (Å²) >= 11 is 0. The molecule has 0 aliphatic heterocycles. The summed E-state index contributed by atoms with van der Waals surface area (Å²) in [5, 5.41) is 11.2. The third-order valence-corrected chi connectivity index (χ3v) is 2.98. The molecule has 0 saturated heterocycles. The van der Waals surface area contributed by atoms with E-state index in [-0.39, 0.29) is 18.7 Å². The zero-order chi connectivity index (χ0) is 15.7. The van der Waals surface area contributed by atoms with Crippen molar-refractivity contribution >= 4 is 11.9 Å². The standard InChI is InChI=1S/C15H20FNO4/c1-21-13-7-6-12(16)9-11(13)10-14(18)17-8-4-2-3-5-15(19)20/h6-7,9H,2-5,8,10H2,1H3,(H,17,18)(H,19,20). The SMILES string of the molecule is COc1ccc(F)cc1CC(=O)NCCCCCC(=O)O. The molecule has 1 aromatic carbocycles. The zero-order valence-electron chi connectivity index (χ0n) is 12.0. The first-order chi connectivity index (χ1) is 10.0. The van der Waals surface area contributed by atoms with Gasteiger partial charge in [-0.15, -0.1) is 0 Å². The number of hydrogen-bond donors (Lipinski definition) is 2. The van der Waals surface area contributed by atoms with Gasteiger partial charge in [0.25, 0.3) is 0 Å². The number of unbranched alkanes of at least 4 members (excludes halogenated alkanes) is 2. The minimum absolute atomic E-state index is 0.0516. The second kappa shape index (κ2) is 8.94. The first-order valence-corrected chi connectivity index (χ1v) is 6.84. The van der Waals surface area contributed by atoms with Crippen LogP contribution in [0.4, 0.5) is 4.39 Å². The summed E-state index contributed by atoms with van der Waals surface area (Å²) in [6.07, 6.45) is 2.27. The van der Waals surface area contributed by atoms with Crippen LogP contribution in [0.15, 0.2) is 18.2 Å². The van der Waals surface area contributed by atoms with Crippen molar-refractivity contribution in [2.45, 2.75) is 32.1 Å². The summed E-state index contributed by atoms with van der Waals surface area (Å²) in [5.41, 5.74) is 0.501. The Balaban J connectivity index is 2.31. The number of ether oxygens (including phenoxy) is 1. The van der Waals surface area contributed by atoms with Crippen LogP contribution in [-0.2, 0) is 16.0 Å². The van der Waals surface area contributed by atoms with Crippen LogP contribution in [0.5, 0.6) is 5.75 Å². The second-order valence-electron chi connectivity index (χ2n) is 4.69. The number of hydrogen-bond acceptors (Lipinski definition) is 3. The summed E-state index contributed by atoms with van der Waals surface area (Å²) in [6, 6.07) is 4.05. The molecule has 0 aromatic heterocycles. The van der Waals surface area contributed by atoms with Crippen molar-refractivity contribution in [3.63, 3.8) is 0 Å². The highest BCUT2D eigenvalue weighted by molar-refractivity contribution is 5.79. The van der Waals surface area contributed by atoms with Gasteiger partial charge >= 0.3 is 5.97 Å². The van der Waals surface area contributed by atoms with E-state index in [1.165, 1.54) is 25.3 Å². The Hall–Kier alpha value is -2.11. The number of rotatable bonds is 9. The van der Waals surface area contributed by atoms with E-state index in [1.54, 1.807) is 0 Å². The summed E-state index contributed by atoms with van der Waals surface area (Å²) in [7, 11) is 1.47. The van der Waals surface area contributed by atoms with Crippen LogP contribution in [0.25, 0.3) is 0 Å². The van der Waals surface area contributed by atoms with E-state index >= 15 is 0 Å². The third-order valence-electron chi connectivity index (χ3n) is 2.98. The first kappa shape index (κ1) is 16.9. The maximum absolute atomic E-state index is 13.2. The third kappa shape index (κ3) is 6.74. The molecule has 0 saturated carbocycles. The van der Waals surface area contributed by atoms with Crippen molar-refractivity contribution in [3.05, 3.63) is 29.6 Å². The van der Waals surface area contributed by atoms with Crippen LogP contribution in [-0.4, -0.2) is 30.6 Å². The minimum Gasteiger partial charge on any atom is -0.496 e. The number of carboxylic acid groups (broad SMARTS) is 1. The van der Waals surface area contributed by atoms with Crippen molar-refractivity contribution < 1.29 is 23.8 Å². The molecule has 21 heavy (non-hydrogen) atoms. The predicted octanol–water partition coefficient (Wildman–Crippen LogP) is 2.14. The highest BCUT2D eigenvalue weighted by atomic mass is 19.1. The zero-order valence-corrected chi connectivity index (χ0v) is 12.0. The molecular weight excluding hydrogens is 277 g/mol. The molecular formula is C15H20FNO4. The van der Waals surface area contributed by atoms with E-state index in [2.05, 4.69) is 5.32 Å². The van der Waals surface area contributed by atoms with Crippen LogP contribution >= 0.6 is 0 Å². The maximum Gasteiger partial charge on any atom is 0.303 e. The van der Waals surface area contributed by atoms with Crippen molar-refractivity contribution in [3.8, 4) is 5.75 Å². The van der Waals surface area contributed by atoms with Gasteiger partial charge in [0.2, 0.25) is 5.91 Å². The summed E-state index contributed by atoms with van der Waals surface area (Å²) in [4.78, 5) is 22.1. The number of carbonyl (C=O) groups is 2. The molecule has 1 amide bonds. The van der Waals surface area contributed by atoms with Crippen LogP contribution < -0.4 is 10.1 Å². The smallest absolute Gasteiger partial charge is 0.303 e. The van der Waals surface area contributed by atoms with Crippen molar-refractivity contribution in [1.82, 2.24) is 5.32 Å². The largest absolute Gasteiger partial charge is 0.496 e. The molecule has 0 atom stereocenters. The van der Waals surface area contributed by atoms with Gasteiger partial charge in [-0.25, -0.2) is 4.39 Å². The van der Waals surface area contributed by atoms with Gasteiger partial charge < -0.3 is 15.2 Å². The molecule has 5 nitrogen and oxygen atoms in total. The lowest BCUT2D eigenvalue weighted by atomic mass is 10.1. The van der Waals surface area contributed by atoms with Crippen LogP contribution in [0, 0.1) is 5.82 Å². The summed E-state index contributed by atoms with van der Waals surface area (Å²) < 4.78 is 18.2. The monoisotopic (exact) mass is 297 g/mol. The highest BCUT2D eigenvalue weighted by Gasteiger charge is 2.09. The van der Waals surface area contributed by atoms with E-state index in [0.29, 0.717) is 24.3 Å². The molecule has 6 heteroatoms. The molecule has 0 spiro atoms. The molecule has 0 fully saturated rings. The Bertz CT molecular complexity index is 491. The molecule has 116 valence electrons. The normalized spacial score (nSPS) is 10.2. The average molecular weight is 297 g/mol. The molecule has 1 aromatic rings. The van der Waals surface area contributed by atoms with Gasteiger partial charge in [0, 0.05) is 18.5 Å². The number of carboxylic acids is 1. The molecule has 0 radical (unpaired) electrons. The molecule has 1 rings (SSSR count). The second-order valence-corrected chi connectivity index (χ2v) is 4.69. The summed E-state index contributed by atoms with van der Waals surface area (Å²) in [5.74, 6) is -0.949. The first-order valence-electron chi connectivity index (χ1n) is 6.84. The fourth-order valence-electron chi connectivity index (χ4n) is 1.93. The van der Waals surface area contributed by atoms with E-state index in [0.717, 1.165) is 12.8 Å². The molecule has 0 heterocycles. The van der Waals surface area contributed by atoms with Crippen LogP contribution in [0.2, 0.25) is 0 Å². The maximum atomic E-state index is 13.2. The number of halogens is 1. The number of benzene rings is 1. The summed E-state index contributed by atoms with van der Waals surface area (Å²) in [6.45, 7) is 0.482. The lowest BCUT2D eigenvalue weighted by molar-refractivity contribution is -0.137. The van der Waals surface area contributed by atoms with E-state index in [1.807, 2.05) is 0 Å². The minimum atomic E-state index is -0.808. The number of carbonyl (C=O) groups excluding carboxylic acids is 1. The number of aliphatic carboxylic acids is 1. The van der Waals surface area contributed by atoms with Crippen molar-refractivity contribution in [2.75, 3.05) is 13.7 Å². The molecule has 0 bridgehead atoms. The molecule has 0 aliphatic rings. The van der Waals surface area contributed by atoms with Gasteiger partial charge in [0.05, 0.1) is 13.5 Å². The van der Waals surface area contributed by atoms with Gasteiger partial charge in [-0.05, 0) is 31.0 Å². The Labute approximate surface area is 123 Å². The van der Waals surface area contributed by atoms with Crippen LogP contribution in [0.3, 0.4) is 0 Å². The molecule has 2 N–H and O–H groups in total. The van der Waals surface area contributed by atoms with Crippen molar-refractivity contribution in [1.29, 1.82) is 0 Å². The number of nitrogens with one attached hydrogen (secondary N) is 1.